The summed E-state index contributed by atoms with van der Waals surface area (Å²) in [7, 11) is 0. The molecule has 0 bridgehead atoms. The molecule has 3 aromatic rings. The third-order valence-corrected chi connectivity index (χ3v) is 5.45. The number of aliphatic imine (C=N–C) groups is 5. The highest BCUT2D eigenvalue weighted by molar-refractivity contribution is 5.85. The van der Waals surface area contributed by atoms with Crippen LogP contribution < -0.4 is 11.5 Å². The van der Waals surface area contributed by atoms with Crippen LogP contribution in [0.15, 0.2) is 97.8 Å². The number of benzene rings is 3. The van der Waals surface area contributed by atoms with Crippen LogP contribution in [-0.4, -0.2) is 83.1 Å². The quantitative estimate of drug-likeness (QED) is 0.161. The molecular weight excluding hydrogens is 532 g/mol. The van der Waals surface area contributed by atoms with Crippen LogP contribution in [-0.2, 0) is 0 Å². The van der Waals surface area contributed by atoms with Gasteiger partial charge in [-0.1, -0.05) is 86.6 Å². The van der Waals surface area contributed by atoms with Crippen LogP contribution in [0.3, 0.4) is 0 Å². The van der Waals surface area contributed by atoms with E-state index >= 15 is 0 Å². The molecule has 0 unspecified atom stereocenters. The summed E-state index contributed by atoms with van der Waals surface area (Å²) >= 11 is 0. The van der Waals surface area contributed by atoms with Crippen LogP contribution in [0.2, 0.25) is 0 Å². The van der Waals surface area contributed by atoms with Gasteiger partial charge in [-0.3, -0.25) is 25.0 Å². The number of nitrogens with one attached hydrogen (secondary N) is 1. The molecule has 3 rings (SSSR count). The highest BCUT2D eigenvalue weighted by Gasteiger charge is 1.92. The Morgan fingerprint density at radius 3 is 1.05 bits per heavy atom. The normalized spacial score (nSPS) is 11.3. The topological polar surface area (TPSA) is 138 Å². The fourth-order valence-corrected chi connectivity index (χ4v) is 3.29. The lowest BCUT2D eigenvalue weighted by Gasteiger charge is -1.97. The van der Waals surface area contributed by atoms with Gasteiger partial charge in [0, 0.05) is 70.0 Å². The summed E-state index contributed by atoms with van der Waals surface area (Å²) in [5.41, 5.74) is 17.0. The van der Waals surface area contributed by atoms with E-state index in [0.717, 1.165) is 59.4 Å². The van der Waals surface area contributed by atoms with Gasteiger partial charge < -0.3 is 16.9 Å². The molecule has 0 saturated heterocycles. The van der Waals surface area contributed by atoms with E-state index in [1.165, 1.54) is 6.21 Å². The molecule has 0 atom stereocenters. The Kier molecular flexibility index (Phi) is 21.6. The molecule has 8 heteroatoms. The highest BCUT2D eigenvalue weighted by Crippen LogP contribution is 2.02. The van der Waals surface area contributed by atoms with Crippen molar-refractivity contribution in [2.45, 2.75) is 27.2 Å². The van der Waals surface area contributed by atoms with Crippen LogP contribution in [0.1, 0.15) is 60.6 Å². The summed E-state index contributed by atoms with van der Waals surface area (Å²) < 4.78 is 0. The van der Waals surface area contributed by atoms with E-state index in [9.17, 15) is 0 Å². The van der Waals surface area contributed by atoms with E-state index in [1.807, 2.05) is 94.2 Å². The molecular formula is C35H48N8. The van der Waals surface area contributed by atoms with Gasteiger partial charge in [-0.05, 0) is 46.7 Å². The van der Waals surface area contributed by atoms with E-state index in [2.05, 4.69) is 49.2 Å². The second-order valence-electron chi connectivity index (χ2n) is 8.84. The Morgan fingerprint density at radius 2 is 0.767 bits per heavy atom. The Morgan fingerprint density at radius 1 is 0.488 bits per heavy atom. The summed E-state index contributed by atoms with van der Waals surface area (Å²) in [6.45, 7) is 10.8. The van der Waals surface area contributed by atoms with E-state index in [0.29, 0.717) is 26.2 Å². The lowest BCUT2D eigenvalue weighted by Crippen LogP contribution is -2.02. The van der Waals surface area contributed by atoms with Gasteiger partial charge in [0.2, 0.25) is 0 Å². The van der Waals surface area contributed by atoms with Crippen molar-refractivity contribution in [3.05, 3.63) is 106 Å². The molecule has 228 valence electrons. The van der Waals surface area contributed by atoms with Gasteiger partial charge in [0.1, 0.15) is 0 Å². The maximum absolute atomic E-state index is 7.01. The van der Waals surface area contributed by atoms with Gasteiger partial charge in [-0.25, -0.2) is 0 Å². The molecule has 0 aliphatic rings. The van der Waals surface area contributed by atoms with E-state index in [4.69, 9.17) is 16.9 Å². The molecule has 3 aromatic carbocycles. The molecule has 43 heavy (non-hydrogen) atoms. The van der Waals surface area contributed by atoms with Crippen molar-refractivity contribution in [1.82, 2.24) is 0 Å². The van der Waals surface area contributed by atoms with Crippen LogP contribution in [0.25, 0.3) is 0 Å². The first-order valence-corrected chi connectivity index (χ1v) is 14.9. The molecule has 0 aromatic heterocycles. The average molecular weight is 581 g/mol. The Balaban J connectivity index is 0.000000514. The molecule has 0 amide bonds. The van der Waals surface area contributed by atoms with Gasteiger partial charge in [0.15, 0.2) is 0 Å². The van der Waals surface area contributed by atoms with E-state index in [-0.39, 0.29) is 0 Å². The van der Waals surface area contributed by atoms with Gasteiger partial charge in [0.05, 0.1) is 13.1 Å². The van der Waals surface area contributed by atoms with Gasteiger partial charge in [0.25, 0.3) is 0 Å². The molecule has 0 saturated carbocycles. The minimum Gasteiger partial charge on any atom is -0.329 e. The minimum absolute atomic E-state index is 0.575. The second kappa shape index (κ2) is 25.3. The molecule has 0 aliphatic carbocycles. The fraction of sp³-hybridized carbons (Fsp3) is 0.314. The molecule has 0 radical (unpaired) electrons. The van der Waals surface area contributed by atoms with Crippen molar-refractivity contribution in [2.75, 3.05) is 45.8 Å². The number of nitrogens with zero attached hydrogens (tertiary/aromatic N) is 5. The standard InChI is InChI=1S/C23H29N5.C10H13N3.C2H6/c1-2-25-16-20-4-6-21(7-5-20)17-26-13-3-14-27-18-22-8-10-23(11-9-22)19-28-15-12-24;11-5-6-13-8-10-3-1-9(7-12)2-4-10;1-2/h4-11,16-19H,2-3,12-15,24H2,1H3;1-4,7-8,12H,5-6,11H2;1-2H3. The van der Waals surface area contributed by atoms with Gasteiger partial charge in [-0.2, -0.15) is 0 Å². The van der Waals surface area contributed by atoms with Crippen molar-refractivity contribution in [1.29, 1.82) is 5.41 Å². The maximum Gasteiger partial charge on any atom is 0.0512 e. The zero-order valence-corrected chi connectivity index (χ0v) is 25.9. The lowest BCUT2D eigenvalue weighted by molar-refractivity contribution is 0.851. The first-order chi connectivity index (χ1) is 21.2. The number of rotatable bonds is 15. The van der Waals surface area contributed by atoms with Crippen molar-refractivity contribution in [3.63, 3.8) is 0 Å². The van der Waals surface area contributed by atoms with Crippen LogP contribution in [0, 0.1) is 5.41 Å². The van der Waals surface area contributed by atoms with Crippen LogP contribution in [0.5, 0.6) is 0 Å². The Labute approximate surface area is 258 Å². The molecule has 0 fully saturated rings. The van der Waals surface area contributed by atoms with Crippen molar-refractivity contribution in [3.8, 4) is 0 Å². The van der Waals surface area contributed by atoms with Crippen molar-refractivity contribution < 1.29 is 0 Å². The first kappa shape index (κ1) is 36.6. The van der Waals surface area contributed by atoms with E-state index in [1.54, 1.807) is 6.21 Å². The molecule has 0 heterocycles. The largest absolute Gasteiger partial charge is 0.329 e. The third-order valence-electron chi connectivity index (χ3n) is 5.45. The number of nitrogens with two attached hydrogens (primary N) is 2. The zero-order valence-electron chi connectivity index (χ0n) is 25.9. The summed E-state index contributed by atoms with van der Waals surface area (Å²) in [6.07, 6.45) is 11.6. The summed E-state index contributed by atoms with van der Waals surface area (Å²) in [5, 5.41) is 7.01. The summed E-state index contributed by atoms with van der Waals surface area (Å²) in [4.78, 5) is 21.5. The predicted molar refractivity (Wildman–Crippen MR) is 189 cm³/mol. The van der Waals surface area contributed by atoms with E-state index < -0.39 is 0 Å². The average Bonchev–Trinajstić information content (AvgIpc) is 3.06. The Bertz CT molecular complexity index is 1260. The fourth-order valence-electron chi connectivity index (χ4n) is 3.29. The van der Waals surface area contributed by atoms with Crippen LogP contribution >= 0.6 is 0 Å². The molecule has 5 N–H and O–H groups in total. The summed E-state index contributed by atoms with van der Waals surface area (Å²) in [5.74, 6) is 0. The maximum atomic E-state index is 7.01. The first-order valence-electron chi connectivity index (χ1n) is 14.9. The molecule has 0 spiro atoms. The highest BCUT2D eigenvalue weighted by atomic mass is 14.8. The third kappa shape index (κ3) is 17.9. The monoisotopic (exact) mass is 580 g/mol. The van der Waals surface area contributed by atoms with Gasteiger partial charge >= 0.3 is 0 Å². The zero-order chi connectivity index (χ0) is 31.4. The van der Waals surface area contributed by atoms with Crippen LogP contribution in [0.4, 0.5) is 0 Å². The minimum atomic E-state index is 0.575. The van der Waals surface area contributed by atoms with Crippen molar-refractivity contribution in [2.24, 2.45) is 36.4 Å². The van der Waals surface area contributed by atoms with Crippen molar-refractivity contribution >= 4 is 37.3 Å². The predicted octanol–water partition coefficient (Wildman–Crippen LogP) is 5.52. The number of hydrogen-bond donors (Lipinski definition) is 3. The molecule has 8 nitrogen and oxygen atoms in total. The number of hydrogen-bond acceptors (Lipinski definition) is 8. The van der Waals surface area contributed by atoms with Gasteiger partial charge in [-0.15, -0.1) is 0 Å². The smallest absolute Gasteiger partial charge is 0.0512 e. The lowest BCUT2D eigenvalue weighted by atomic mass is 10.1. The molecule has 0 aliphatic heterocycles. The summed E-state index contributed by atoms with van der Waals surface area (Å²) in [6, 6.07) is 24.0. The Hall–Kier alpha value is -4.40. The SMILES string of the molecule is CC.CCN=Cc1ccc(C=NCCCN=Cc2ccc(C=NCCN)cc2)cc1.N=Cc1ccc(C=NCCN)cc1. The second-order valence-corrected chi connectivity index (χ2v) is 8.84.